The number of hydrogen-bond acceptors (Lipinski definition) is 6. The van der Waals surface area contributed by atoms with Crippen LogP contribution in [0.1, 0.15) is 35.4 Å². The lowest BCUT2D eigenvalue weighted by Gasteiger charge is -2.33. The minimum atomic E-state index is -0.549. The number of carbonyl (C=O) groups excluding carboxylic acids is 1. The van der Waals surface area contributed by atoms with Crippen molar-refractivity contribution in [2.45, 2.75) is 18.8 Å². The molecule has 4 aromatic rings. The van der Waals surface area contributed by atoms with Crippen LogP contribution in [0, 0.1) is 11.3 Å². The van der Waals surface area contributed by atoms with Gasteiger partial charge in [-0.25, -0.2) is 9.50 Å². The SMILES string of the molecule is C=C(C(N)=O)c1ccc(N2CCC(c3cc(-c4cnn(C)c4)cn4ncc(C#N)c34)CC2)nc1. The van der Waals surface area contributed by atoms with E-state index in [2.05, 4.69) is 38.8 Å². The number of aromatic nitrogens is 5. The van der Waals surface area contributed by atoms with E-state index in [9.17, 15) is 10.1 Å². The number of pyridine rings is 2. The molecule has 2 N–H and O–H groups in total. The molecule has 34 heavy (non-hydrogen) atoms. The molecule has 9 nitrogen and oxygen atoms in total. The number of fused-ring (bicyclic) bond motifs is 1. The predicted octanol–water partition coefficient (Wildman–Crippen LogP) is 2.88. The van der Waals surface area contributed by atoms with Crippen molar-refractivity contribution in [2.24, 2.45) is 12.8 Å². The Labute approximate surface area is 196 Å². The predicted molar refractivity (Wildman–Crippen MR) is 129 cm³/mol. The van der Waals surface area contributed by atoms with E-state index < -0.39 is 5.91 Å². The smallest absolute Gasteiger partial charge is 0.248 e. The van der Waals surface area contributed by atoms with Gasteiger partial charge in [0.15, 0.2) is 0 Å². The van der Waals surface area contributed by atoms with Crippen molar-refractivity contribution in [1.29, 1.82) is 5.26 Å². The number of rotatable bonds is 5. The molecule has 0 atom stereocenters. The molecule has 1 fully saturated rings. The molecule has 5 rings (SSSR count). The molecule has 1 aliphatic heterocycles. The quantitative estimate of drug-likeness (QED) is 0.465. The van der Waals surface area contributed by atoms with Crippen molar-refractivity contribution in [3.05, 3.63) is 72.5 Å². The van der Waals surface area contributed by atoms with Crippen LogP contribution in [0.3, 0.4) is 0 Å². The molecule has 0 aromatic carbocycles. The van der Waals surface area contributed by atoms with Crippen LogP contribution in [0.25, 0.3) is 22.2 Å². The molecule has 0 spiro atoms. The molecular weight excluding hydrogens is 428 g/mol. The Hall–Kier alpha value is -4.45. The monoisotopic (exact) mass is 452 g/mol. The number of aryl methyl sites for hydroxylation is 1. The van der Waals surface area contributed by atoms with Crippen LogP contribution in [0.4, 0.5) is 5.82 Å². The summed E-state index contributed by atoms with van der Waals surface area (Å²) in [7, 11) is 1.89. The Morgan fingerprint density at radius 1 is 1.15 bits per heavy atom. The first kappa shape index (κ1) is 21.4. The van der Waals surface area contributed by atoms with Crippen molar-refractivity contribution in [3.8, 4) is 17.2 Å². The van der Waals surface area contributed by atoms with Gasteiger partial charge in [-0.15, -0.1) is 0 Å². The summed E-state index contributed by atoms with van der Waals surface area (Å²) in [6, 6.07) is 8.19. The number of nitrogens with zero attached hydrogens (tertiary/aromatic N) is 7. The van der Waals surface area contributed by atoms with Gasteiger partial charge < -0.3 is 10.6 Å². The lowest BCUT2D eigenvalue weighted by molar-refractivity contribution is -0.112. The molecule has 0 radical (unpaired) electrons. The summed E-state index contributed by atoms with van der Waals surface area (Å²) < 4.78 is 3.59. The maximum atomic E-state index is 11.3. The summed E-state index contributed by atoms with van der Waals surface area (Å²) in [5.74, 6) is 0.593. The highest BCUT2D eigenvalue weighted by Crippen LogP contribution is 2.36. The second-order valence-electron chi connectivity index (χ2n) is 8.56. The van der Waals surface area contributed by atoms with Gasteiger partial charge in [-0.3, -0.25) is 9.48 Å². The van der Waals surface area contributed by atoms with E-state index in [1.54, 1.807) is 17.1 Å². The second-order valence-corrected chi connectivity index (χ2v) is 8.56. The molecular formula is C25H24N8O. The third-order valence-electron chi connectivity index (χ3n) is 6.45. The zero-order valence-corrected chi connectivity index (χ0v) is 18.8. The summed E-state index contributed by atoms with van der Waals surface area (Å²) in [5.41, 5.74) is 10.8. The maximum absolute atomic E-state index is 11.3. The average Bonchev–Trinajstić information content (AvgIpc) is 3.49. The summed E-state index contributed by atoms with van der Waals surface area (Å²) in [5, 5.41) is 18.4. The standard InChI is InChI=1S/C25H24N8O/c1-16(25(27)34)18-3-4-23(28-11-18)32-7-5-17(6-8-32)22-9-19(21-13-29-31(2)14-21)15-33-24(22)20(10-26)12-30-33/h3-4,9,11-15,17H,1,5-8H2,2H3,(H2,27,34). The van der Waals surface area contributed by atoms with Gasteiger partial charge >= 0.3 is 0 Å². The molecule has 0 aliphatic carbocycles. The number of primary amides is 1. The highest BCUT2D eigenvalue weighted by Gasteiger charge is 2.25. The van der Waals surface area contributed by atoms with E-state index in [-0.39, 0.29) is 11.5 Å². The van der Waals surface area contributed by atoms with Crippen molar-refractivity contribution in [1.82, 2.24) is 24.4 Å². The van der Waals surface area contributed by atoms with Crippen LogP contribution in [0.5, 0.6) is 0 Å². The van der Waals surface area contributed by atoms with Gasteiger partial charge in [0.2, 0.25) is 5.91 Å². The average molecular weight is 453 g/mol. The summed E-state index contributed by atoms with van der Waals surface area (Å²) in [4.78, 5) is 18.1. The van der Waals surface area contributed by atoms with Crippen molar-refractivity contribution in [2.75, 3.05) is 18.0 Å². The Morgan fingerprint density at radius 2 is 1.94 bits per heavy atom. The largest absolute Gasteiger partial charge is 0.366 e. The number of anilines is 1. The molecule has 0 unspecified atom stereocenters. The van der Waals surface area contributed by atoms with Crippen LogP contribution >= 0.6 is 0 Å². The minimum absolute atomic E-state index is 0.254. The molecule has 0 saturated carbocycles. The van der Waals surface area contributed by atoms with Gasteiger partial charge in [-0.1, -0.05) is 6.58 Å². The number of amides is 1. The van der Waals surface area contributed by atoms with E-state index >= 15 is 0 Å². The molecule has 170 valence electrons. The minimum Gasteiger partial charge on any atom is -0.366 e. The number of carbonyl (C=O) groups is 1. The second kappa shape index (κ2) is 8.48. The van der Waals surface area contributed by atoms with Crippen LogP contribution < -0.4 is 10.6 Å². The van der Waals surface area contributed by atoms with Crippen LogP contribution in [0.15, 0.2) is 55.8 Å². The van der Waals surface area contributed by atoms with E-state index in [0.717, 1.165) is 54.0 Å². The van der Waals surface area contributed by atoms with E-state index in [1.807, 2.05) is 42.3 Å². The topological polar surface area (TPSA) is 118 Å². The molecule has 1 amide bonds. The fraction of sp³-hybridized carbons (Fsp3) is 0.240. The Bertz CT molecular complexity index is 1430. The van der Waals surface area contributed by atoms with Gasteiger partial charge in [0.25, 0.3) is 0 Å². The molecule has 4 aromatic heterocycles. The highest BCUT2D eigenvalue weighted by molar-refractivity contribution is 6.17. The molecule has 9 heteroatoms. The van der Waals surface area contributed by atoms with Gasteiger partial charge in [0.1, 0.15) is 11.9 Å². The summed E-state index contributed by atoms with van der Waals surface area (Å²) >= 11 is 0. The first-order chi connectivity index (χ1) is 16.4. The van der Waals surface area contributed by atoms with Crippen LogP contribution in [-0.4, -0.2) is 43.4 Å². The zero-order chi connectivity index (χ0) is 23.8. The lowest BCUT2D eigenvalue weighted by atomic mass is 9.87. The number of nitriles is 1. The molecule has 1 saturated heterocycles. The molecule has 1 aliphatic rings. The van der Waals surface area contributed by atoms with E-state index in [4.69, 9.17) is 5.73 Å². The zero-order valence-electron chi connectivity index (χ0n) is 18.8. The van der Waals surface area contributed by atoms with Gasteiger partial charge in [0.05, 0.1) is 23.5 Å². The van der Waals surface area contributed by atoms with Crippen LogP contribution in [0.2, 0.25) is 0 Å². The molecule has 0 bridgehead atoms. The number of nitrogens with two attached hydrogens (primary N) is 1. The van der Waals surface area contributed by atoms with Gasteiger partial charge in [0, 0.05) is 61.0 Å². The summed E-state index contributed by atoms with van der Waals surface area (Å²) in [6.07, 6.45) is 10.9. The third kappa shape index (κ3) is 3.79. The van der Waals surface area contributed by atoms with E-state index in [0.29, 0.717) is 11.1 Å². The number of piperidine rings is 1. The third-order valence-corrected chi connectivity index (χ3v) is 6.45. The van der Waals surface area contributed by atoms with Gasteiger partial charge in [-0.2, -0.15) is 15.5 Å². The first-order valence-electron chi connectivity index (χ1n) is 11.0. The lowest BCUT2D eigenvalue weighted by Crippen LogP contribution is -2.33. The fourth-order valence-electron chi connectivity index (χ4n) is 4.59. The Morgan fingerprint density at radius 3 is 2.56 bits per heavy atom. The summed E-state index contributed by atoms with van der Waals surface area (Å²) in [6.45, 7) is 5.36. The number of hydrogen-bond donors (Lipinski definition) is 1. The van der Waals surface area contributed by atoms with Crippen molar-refractivity contribution in [3.63, 3.8) is 0 Å². The normalized spacial score (nSPS) is 14.3. The fourth-order valence-corrected chi connectivity index (χ4v) is 4.59. The highest BCUT2D eigenvalue weighted by atomic mass is 16.1. The van der Waals surface area contributed by atoms with E-state index in [1.165, 1.54) is 0 Å². The first-order valence-corrected chi connectivity index (χ1v) is 11.0. The maximum Gasteiger partial charge on any atom is 0.248 e. The van der Waals surface area contributed by atoms with Crippen molar-refractivity contribution >= 4 is 22.8 Å². The van der Waals surface area contributed by atoms with Crippen molar-refractivity contribution < 1.29 is 4.79 Å². The Balaban J connectivity index is 1.41. The Kier molecular flexibility index (Phi) is 5.34. The van der Waals surface area contributed by atoms with Crippen LogP contribution in [-0.2, 0) is 11.8 Å². The molecule has 5 heterocycles. The van der Waals surface area contributed by atoms with Gasteiger partial charge in [-0.05, 0) is 42.5 Å².